The molecular formula is C13H15BrN2O2S. The van der Waals surface area contributed by atoms with Gasteiger partial charge in [0.1, 0.15) is 0 Å². The van der Waals surface area contributed by atoms with Crippen molar-refractivity contribution >= 4 is 27.3 Å². The first-order valence-electron chi connectivity index (χ1n) is 5.77. The topological polar surface area (TPSA) is 54.4 Å². The summed E-state index contributed by atoms with van der Waals surface area (Å²) >= 11 is 4.96. The molecule has 1 aromatic carbocycles. The van der Waals surface area contributed by atoms with E-state index in [1.54, 1.807) is 11.3 Å². The van der Waals surface area contributed by atoms with Gasteiger partial charge in [-0.05, 0) is 40.5 Å². The SMILES string of the molecule is COc1cc(CNCc2csc(C)n2)cc(Br)c1O. The number of nitrogens with zero attached hydrogens (tertiary/aromatic N) is 1. The van der Waals surface area contributed by atoms with E-state index in [-0.39, 0.29) is 5.75 Å². The van der Waals surface area contributed by atoms with Crippen LogP contribution in [-0.2, 0) is 13.1 Å². The number of rotatable bonds is 5. The quantitative estimate of drug-likeness (QED) is 0.875. The van der Waals surface area contributed by atoms with Crippen LogP contribution >= 0.6 is 27.3 Å². The van der Waals surface area contributed by atoms with E-state index in [1.807, 2.05) is 19.1 Å². The van der Waals surface area contributed by atoms with Gasteiger partial charge in [-0.2, -0.15) is 0 Å². The normalized spacial score (nSPS) is 10.7. The molecule has 2 N–H and O–H groups in total. The van der Waals surface area contributed by atoms with Crippen molar-refractivity contribution in [2.24, 2.45) is 0 Å². The minimum absolute atomic E-state index is 0.126. The Balaban J connectivity index is 1.98. The highest BCUT2D eigenvalue weighted by molar-refractivity contribution is 9.10. The molecular weight excluding hydrogens is 328 g/mol. The summed E-state index contributed by atoms with van der Waals surface area (Å²) in [5.74, 6) is 0.594. The van der Waals surface area contributed by atoms with Gasteiger partial charge in [0.15, 0.2) is 11.5 Å². The van der Waals surface area contributed by atoms with Crippen LogP contribution in [0.5, 0.6) is 11.5 Å². The first-order chi connectivity index (χ1) is 9.10. The van der Waals surface area contributed by atoms with Gasteiger partial charge in [0.05, 0.1) is 22.3 Å². The van der Waals surface area contributed by atoms with Gasteiger partial charge >= 0.3 is 0 Å². The molecule has 0 aliphatic carbocycles. The lowest BCUT2D eigenvalue weighted by Gasteiger charge is -2.09. The Kier molecular flexibility index (Phi) is 4.79. The van der Waals surface area contributed by atoms with E-state index in [0.29, 0.717) is 16.8 Å². The van der Waals surface area contributed by atoms with Crippen LogP contribution in [0.15, 0.2) is 22.0 Å². The van der Waals surface area contributed by atoms with Gasteiger partial charge in [-0.25, -0.2) is 4.98 Å². The second-order valence-corrected chi connectivity index (χ2v) is 6.01. The van der Waals surface area contributed by atoms with Gasteiger partial charge in [-0.1, -0.05) is 0 Å². The summed E-state index contributed by atoms with van der Waals surface area (Å²) in [7, 11) is 1.54. The molecule has 0 aliphatic heterocycles. The standard InChI is InChI=1S/C13H15BrN2O2S/c1-8-16-10(7-19-8)6-15-5-9-3-11(14)13(17)12(4-9)18-2/h3-4,7,15,17H,5-6H2,1-2H3. The van der Waals surface area contributed by atoms with E-state index >= 15 is 0 Å². The summed E-state index contributed by atoms with van der Waals surface area (Å²) in [5, 5.41) is 16.2. The molecule has 0 saturated heterocycles. The third-order valence-electron chi connectivity index (χ3n) is 2.61. The summed E-state index contributed by atoms with van der Waals surface area (Å²) < 4.78 is 5.75. The van der Waals surface area contributed by atoms with Crippen molar-refractivity contribution < 1.29 is 9.84 Å². The smallest absolute Gasteiger partial charge is 0.172 e. The second-order valence-electron chi connectivity index (χ2n) is 4.09. The molecule has 6 heteroatoms. The molecule has 4 nitrogen and oxygen atoms in total. The number of nitrogens with one attached hydrogen (secondary N) is 1. The maximum atomic E-state index is 9.73. The molecule has 0 atom stereocenters. The third kappa shape index (κ3) is 3.68. The van der Waals surface area contributed by atoms with Crippen molar-refractivity contribution in [1.29, 1.82) is 0 Å². The number of hydrogen-bond acceptors (Lipinski definition) is 5. The van der Waals surface area contributed by atoms with E-state index in [1.165, 1.54) is 7.11 Å². The van der Waals surface area contributed by atoms with E-state index in [0.717, 1.165) is 22.8 Å². The molecule has 0 amide bonds. The summed E-state index contributed by atoms with van der Waals surface area (Å²) in [6.45, 7) is 3.41. The van der Waals surface area contributed by atoms with Crippen molar-refractivity contribution in [3.05, 3.63) is 38.3 Å². The fourth-order valence-corrected chi connectivity index (χ4v) is 2.81. The van der Waals surface area contributed by atoms with Crippen LogP contribution in [-0.4, -0.2) is 17.2 Å². The van der Waals surface area contributed by atoms with Crippen LogP contribution < -0.4 is 10.1 Å². The van der Waals surface area contributed by atoms with Crippen molar-refractivity contribution in [2.45, 2.75) is 20.0 Å². The minimum Gasteiger partial charge on any atom is -0.503 e. The molecule has 0 unspecified atom stereocenters. The zero-order valence-corrected chi connectivity index (χ0v) is 13.1. The molecule has 102 valence electrons. The molecule has 1 heterocycles. The molecule has 19 heavy (non-hydrogen) atoms. The number of halogens is 1. The average Bonchev–Trinajstić information content (AvgIpc) is 2.79. The Bertz CT molecular complexity index is 572. The fraction of sp³-hybridized carbons (Fsp3) is 0.308. The van der Waals surface area contributed by atoms with Crippen LogP contribution in [0.4, 0.5) is 0 Å². The molecule has 0 radical (unpaired) electrons. The number of phenols is 1. The molecule has 0 saturated carbocycles. The lowest BCUT2D eigenvalue weighted by Crippen LogP contribution is -2.13. The number of thiazole rings is 1. The molecule has 0 aliphatic rings. The van der Waals surface area contributed by atoms with Gasteiger partial charge in [0.25, 0.3) is 0 Å². The Morgan fingerprint density at radius 3 is 2.84 bits per heavy atom. The first-order valence-corrected chi connectivity index (χ1v) is 7.44. The van der Waals surface area contributed by atoms with Gasteiger partial charge in [0.2, 0.25) is 0 Å². The number of benzene rings is 1. The zero-order chi connectivity index (χ0) is 13.8. The fourth-order valence-electron chi connectivity index (χ4n) is 1.71. The monoisotopic (exact) mass is 342 g/mol. The average molecular weight is 343 g/mol. The summed E-state index contributed by atoms with van der Waals surface area (Å²) in [4.78, 5) is 4.39. The van der Waals surface area contributed by atoms with Gasteiger partial charge in [0, 0.05) is 18.5 Å². The number of methoxy groups -OCH3 is 1. The predicted molar refractivity (Wildman–Crippen MR) is 79.8 cm³/mol. The number of hydrogen-bond donors (Lipinski definition) is 2. The first kappa shape index (κ1) is 14.3. The molecule has 2 aromatic rings. The van der Waals surface area contributed by atoms with Gasteiger partial charge < -0.3 is 15.2 Å². The number of aromatic nitrogens is 1. The largest absolute Gasteiger partial charge is 0.503 e. The summed E-state index contributed by atoms with van der Waals surface area (Å²) in [5.41, 5.74) is 2.08. The van der Waals surface area contributed by atoms with Crippen LogP contribution in [0.1, 0.15) is 16.3 Å². The Hall–Kier alpha value is -1.11. The molecule has 0 fully saturated rings. The van der Waals surface area contributed by atoms with Gasteiger partial charge in [-0.3, -0.25) is 0 Å². The van der Waals surface area contributed by atoms with E-state index in [4.69, 9.17) is 4.74 Å². The van der Waals surface area contributed by atoms with Gasteiger partial charge in [-0.15, -0.1) is 11.3 Å². The van der Waals surface area contributed by atoms with Crippen molar-refractivity contribution in [3.63, 3.8) is 0 Å². The third-order valence-corrected chi connectivity index (χ3v) is 4.04. The Labute approximate surface area is 124 Å². The number of aryl methyl sites for hydroxylation is 1. The number of phenolic OH excluding ortho intramolecular Hbond substituents is 1. The summed E-state index contributed by atoms with van der Waals surface area (Å²) in [6.07, 6.45) is 0. The lowest BCUT2D eigenvalue weighted by atomic mass is 10.2. The second kappa shape index (κ2) is 6.36. The summed E-state index contributed by atoms with van der Waals surface area (Å²) in [6, 6.07) is 3.69. The molecule has 0 spiro atoms. The Morgan fingerprint density at radius 2 is 2.21 bits per heavy atom. The molecule has 0 bridgehead atoms. The Morgan fingerprint density at radius 1 is 1.42 bits per heavy atom. The lowest BCUT2D eigenvalue weighted by molar-refractivity contribution is 0.371. The molecule has 1 aromatic heterocycles. The zero-order valence-electron chi connectivity index (χ0n) is 10.7. The maximum Gasteiger partial charge on any atom is 0.172 e. The number of aromatic hydroxyl groups is 1. The molecule has 2 rings (SSSR count). The predicted octanol–water partition coefficient (Wildman–Crippen LogP) is 3.22. The minimum atomic E-state index is 0.126. The highest BCUT2D eigenvalue weighted by Gasteiger charge is 2.08. The van der Waals surface area contributed by atoms with Crippen LogP contribution in [0, 0.1) is 6.92 Å². The van der Waals surface area contributed by atoms with Crippen molar-refractivity contribution in [2.75, 3.05) is 7.11 Å². The van der Waals surface area contributed by atoms with Crippen molar-refractivity contribution in [1.82, 2.24) is 10.3 Å². The highest BCUT2D eigenvalue weighted by atomic mass is 79.9. The van der Waals surface area contributed by atoms with Crippen LogP contribution in [0.3, 0.4) is 0 Å². The van der Waals surface area contributed by atoms with Crippen LogP contribution in [0.2, 0.25) is 0 Å². The maximum absolute atomic E-state index is 9.73. The van der Waals surface area contributed by atoms with Crippen molar-refractivity contribution in [3.8, 4) is 11.5 Å². The van der Waals surface area contributed by atoms with E-state index in [2.05, 4.69) is 31.6 Å². The highest BCUT2D eigenvalue weighted by Crippen LogP contribution is 2.35. The van der Waals surface area contributed by atoms with E-state index < -0.39 is 0 Å². The van der Waals surface area contributed by atoms with E-state index in [9.17, 15) is 5.11 Å². The number of ether oxygens (including phenoxy) is 1. The van der Waals surface area contributed by atoms with Crippen LogP contribution in [0.25, 0.3) is 0 Å².